The smallest absolute Gasteiger partial charge is 0.123 e. The molecule has 3 heteroatoms. The summed E-state index contributed by atoms with van der Waals surface area (Å²) in [6.07, 6.45) is 1.80. The lowest BCUT2D eigenvalue weighted by Crippen LogP contribution is -1.98. The fourth-order valence-electron chi connectivity index (χ4n) is 1.73. The molecule has 0 aliphatic heterocycles. The summed E-state index contributed by atoms with van der Waals surface area (Å²) in [4.78, 5) is 0. The van der Waals surface area contributed by atoms with Gasteiger partial charge in [0.25, 0.3) is 0 Å². The first-order valence-electron chi connectivity index (χ1n) is 5.04. The van der Waals surface area contributed by atoms with Crippen LogP contribution in [0.25, 0.3) is 11.1 Å². The van der Waals surface area contributed by atoms with Gasteiger partial charge in [0.05, 0.1) is 6.20 Å². The number of aryl methyl sites for hydroxylation is 1. The number of hydrogen-bond donors (Lipinski definition) is 1. The molecule has 0 aliphatic rings. The van der Waals surface area contributed by atoms with Gasteiger partial charge in [-0.25, -0.2) is 0 Å². The second-order valence-corrected chi connectivity index (χ2v) is 3.48. The Morgan fingerprint density at radius 3 is 2.60 bits per heavy atom. The van der Waals surface area contributed by atoms with Crippen LogP contribution in [-0.2, 0) is 6.54 Å². The molecule has 1 aromatic carbocycles. The third-order valence-corrected chi connectivity index (χ3v) is 2.60. The van der Waals surface area contributed by atoms with Crippen LogP contribution in [0, 0.1) is 6.92 Å². The zero-order valence-corrected chi connectivity index (χ0v) is 8.94. The van der Waals surface area contributed by atoms with Crippen molar-refractivity contribution in [2.24, 2.45) is 0 Å². The van der Waals surface area contributed by atoms with Gasteiger partial charge in [0.2, 0.25) is 0 Å². The van der Waals surface area contributed by atoms with Gasteiger partial charge < -0.3 is 5.11 Å². The molecule has 15 heavy (non-hydrogen) atoms. The van der Waals surface area contributed by atoms with Crippen LogP contribution in [0.5, 0.6) is 5.75 Å². The maximum absolute atomic E-state index is 9.73. The second-order valence-electron chi connectivity index (χ2n) is 3.48. The van der Waals surface area contributed by atoms with Crippen molar-refractivity contribution in [1.82, 2.24) is 9.78 Å². The maximum Gasteiger partial charge on any atom is 0.123 e. The molecule has 3 nitrogen and oxygen atoms in total. The van der Waals surface area contributed by atoms with Gasteiger partial charge in [0, 0.05) is 23.4 Å². The Bertz CT molecular complexity index is 474. The van der Waals surface area contributed by atoms with Crippen molar-refractivity contribution >= 4 is 0 Å². The van der Waals surface area contributed by atoms with Gasteiger partial charge in [0.15, 0.2) is 0 Å². The normalized spacial score (nSPS) is 10.5. The van der Waals surface area contributed by atoms with E-state index >= 15 is 0 Å². The zero-order valence-electron chi connectivity index (χ0n) is 8.94. The minimum atomic E-state index is 0.302. The second kappa shape index (κ2) is 3.77. The third kappa shape index (κ3) is 1.61. The van der Waals surface area contributed by atoms with E-state index < -0.39 is 0 Å². The van der Waals surface area contributed by atoms with Crippen molar-refractivity contribution in [3.63, 3.8) is 0 Å². The summed E-state index contributed by atoms with van der Waals surface area (Å²) in [5, 5.41) is 14.0. The molecule has 0 amide bonds. The Morgan fingerprint density at radius 1 is 1.27 bits per heavy atom. The highest BCUT2D eigenvalue weighted by atomic mass is 16.3. The Hall–Kier alpha value is -1.77. The zero-order chi connectivity index (χ0) is 10.8. The van der Waals surface area contributed by atoms with Crippen LogP contribution in [0.3, 0.4) is 0 Å². The SMILES string of the molecule is CCn1ncc(-c2ccccc2O)c1C. The van der Waals surface area contributed by atoms with E-state index in [2.05, 4.69) is 12.0 Å². The van der Waals surface area contributed by atoms with Crippen molar-refractivity contribution in [1.29, 1.82) is 0 Å². The molecule has 0 saturated carbocycles. The predicted molar refractivity (Wildman–Crippen MR) is 59.7 cm³/mol. The van der Waals surface area contributed by atoms with E-state index in [0.29, 0.717) is 5.75 Å². The molecule has 0 unspecified atom stereocenters. The third-order valence-electron chi connectivity index (χ3n) is 2.60. The summed E-state index contributed by atoms with van der Waals surface area (Å²) in [5.74, 6) is 0.302. The van der Waals surface area contributed by atoms with Gasteiger partial charge in [-0.15, -0.1) is 0 Å². The minimum Gasteiger partial charge on any atom is -0.507 e. The number of rotatable bonds is 2. The molecule has 0 atom stereocenters. The standard InChI is InChI=1S/C12H14N2O/c1-3-14-9(2)11(8-13-14)10-6-4-5-7-12(10)15/h4-8,15H,3H2,1-2H3. The summed E-state index contributed by atoms with van der Waals surface area (Å²) >= 11 is 0. The molecule has 0 aliphatic carbocycles. The van der Waals surface area contributed by atoms with E-state index in [9.17, 15) is 5.11 Å². The number of phenols is 1. The monoisotopic (exact) mass is 202 g/mol. The van der Waals surface area contributed by atoms with Crippen LogP contribution < -0.4 is 0 Å². The molecule has 1 heterocycles. The molecule has 0 saturated heterocycles. The maximum atomic E-state index is 9.73. The fourth-order valence-corrected chi connectivity index (χ4v) is 1.73. The van der Waals surface area contributed by atoms with E-state index in [1.165, 1.54) is 0 Å². The quantitative estimate of drug-likeness (QED) is 0.812. The lowest BCUT2D eigenvalue weighted by atomic mass is 10.1. The molecule has 0 spiro atoms. The lowest BCUT2D eigenvalue weighted by molar-refractivity contribution is 0.477. The first-order valence-corrected chi connectivity index (χ1v) is 5.04. The number of phenolic OH excluding ortho intramolecular Hbond substituents is 1. The van der Waals surface area contributed by atoms with Crippen LogP contribution >= 0.6 is 0 Å². The Kier molecular flexibility index (Phi) is 2.46. The van der Waals surface area contributed by atoms with Gasteiger partial charge in [-0.05, 0) is 19.9 Å². The van der Waals surface area contributed by atoms with E-state index in [0.717, 1.165) is 23.4 Å². The van der Waals surface area contributed by atoms with Crippen molar-refractivity contribution in [2.75, 3.05) is 0 Å². The first-order chi connectivity index (χ1) is 7.24. The largest absolute Gasteiger partial charge is 0.507 e. The summed E-state index contributed by atoms with van der Waals surface area (Å²) in [6, 6.07) is 7.33. The van der Waals surface area contributed by atoms with Gasteiger partial charge in [-0.3, -0.25) is 4.68 Å². The molecule has 1 aromatic heterocycles. The topological polar surface area (TPSA) is 38.0 Å². The molecule has 78 valence electrons. The average Bonchev–Trinajstić information content (AvgIpc) is 2.60. The Balaban J connectivity index is 2.55. The molecule has 0 radical (unpaired) electrons. The number of nitrogens with zero attached hydrogens (tertiary/aromatic N) is 2. The summed E-state index contributed by atoms with van der Waals surface area (Å²) in [6.45, 7) is 4.91. The van der Waals surface area contributed by atoms with Crippen LogP contribution in [-0.4, -0.2) is 14.9 Å². The predicted octanol–water partition coefficient (Wildman–Crippen LogP) is 2.58. The van der Waals surface area contributed by atoms with Gasteiger partial charge >= 0.3 is 0 Å². The molecular formula is C12H14N2O. The van der Waals surface area contributed by atoms with Crippen LogP contribution in [0.2, 0.25) is 0 Å². The number of aromatic hydroxyl groups is 1. The van der Waals surface area contributed by atoms with Gasteiger partial charge in [0.1, 0.15) is 5.75 Å². The highest BCUT2D eigenvalue weighted by Gasteiger charge is 2.10. The minimum absolute atomic E-state index is 0.302. The summed E-state index contributed by atoms with van der Waals surface area (Å²) in [7, 11) is 0. The van der Waals surface area contributed by atoms with Gasteiger partial charge in [-0.2, -0.15) is 5.10 Å². The van der Waals surface area contributed by atoms with Crippen molar-refractivity contribution in [3.8, 4) is 16.9 Å². The van der Waals surface area contributed by atoms with Crippen molar-refractivity contribution in [3.05, 3.63) is 36.2 Å². The molecule has 2 aromatic rings. The highest BCUT2D eigenvalue weighted by Crippen LogP contribution is 2.30. The van der Waals surface area contributed by atoms with E-state index in [-0.39, 0.29) is 0 Å². The number of benzene rings is 1. The number of para-hydroxylation sites is 1. The summed E-state index contributed by atoms with van der Waals surface area (Å²) < 4.78 is 1.92. The lowest BCUT2D eigenvalue weighted by Gasteiger charge is -2.04. The van der Waals surface area contributed by atoms with E-state index in [1.54, 1.807) is 12.3 Å². The van der Waals surface area contributed by atoms with Crippen LogP contribution in [0.15, 0.2) is 30.5 Å². The van der Waals surface area contributed by atoms with Crippen molar-refractivity contribution < 1.29 is 5.11 Å². The van der Waals surface area contributed by atoms with Gasteiger partial charge in [-0.1, -0.05) is 18.2 Å². The Labute approximate surface area is 89.0 Å². The fraction of sp³-hybridized carbons (Fsp3) is 0.250. The van der Waals surface area contributed by atoms with E-state index in [4.69, 9.17) is 0 Å². The van der Waals surface area contributed by atoms with Crippen LogP contribution in [0.1, 0.15) is 12.6 Å². The first kappa shape index (κ1) is 9.77. The molecular weight excluding hydrogens is 188 g/mol. The highest BCUT2D eigenvalue weighted by molar-refractivity contribution is 5.71. The summed E-state index contributed by atoms with van der Waals surface area (Å²) in [5.41, 5.74) is 2.92. The van der Waals surface area contributed by atoms with Crippen molar-refractivity contribution in [2.45, 2.75) is 20.4 Å². The molecule has 0 bridgehead atoms. The average molecular weight is 202 g/mol. The van der Waals surface area contributed by atoms with Crippen LogP contribution in [0.4, 0.5) is 0 Å². The number of hydrogen-bond acceptors (Lipinski definition) is 2. The molecule has 0 fully saturated rings. The molecule has 1 N–H and O–H groups in total. The molecule has 2 rings (SSSR count). The van der Waals surface area contributed by atoms with E-state index in [1.807, 2.05) is 29.8 Å². The Morgan fingerprint density at radius 2 is 2.00 bits per heavy atom. The number of aromatic nitrogens is 2.